The van der Waals surface area contributed by atoms with Crippen molar-refractivity contribution in [3.63, 3.8) is 0 Å². The van der Waals surface area contributed by atoms with E-state index in [0.717, 1.165) is 24.3 Å². The van der Waals surface area contributed by atoms with Crippen LogP contribution in [0.15, 0.2) is 24.3 Å². The van der Waals surface area contributed by atoms with Crippen molar-refractivity contribution in [1.82, 2.24) is 0 Å². The Morgan fingerprint density at radius 1 is 1.19 bits per heavy atom. The fourth-order valence-electron chi connectivity index (χ4n) is 2.57. The molecular formula is C14H19ClO. The van der Waals surface area contributed by atoms with Crippen LogP contribution in [-0.2, 0) is 0 Å². The van der Waals surface area contributed by atoms with Gasteiger partial charge in [0, 0.05) is 5.02 Å². The van der Waals surface area contributed by atoms with Gasteiger partial charge in [-0.1, -0.05) is 49.6 Å². The second-order valence-electron chi connectivity index (χ2n) is 4.99. The fourth-order valence-corrected chi connectivity index (χ4v) is 2.82. The van der Waals surface area contributed by atoms with Gasteiger partial charge in [-0.15, -0.1) is 0 Å². The van der Waals surface area contributed by atoms with E-state index in [9.17, 15) is 5.11 Å². The first-order chi connectivity index (χ1) is 7.68. The Hall–Kier alpha value is -0.530. The average Bonchev–Trinajstić information content (AvgIpc) is 2.30. The third-order valence-electron chi connectivity index (χ3n) is 3.73. The Bertz CT molecular complexity index is 342. The first-order valence-electron chi connectivity index (χ1n) is 6.11. The lowest BCUT2D eigenvalue weighted by molar-refractivity contribution is 0.0756. The molecule has 0 amide bonds. The highest BCUT2D eigenvalue weighted by molar-refractivity contribution is 6.31. The average molecular weight is 239 g/mol. The molecule has 1 atom stereocenters. The van der Waals surface area contributed by atoms with Crippen molar-refractivity contribution < 1.29 is 5.11 Å². The van der Waals surface area contributed by atoms with Gasteiger partial charge in [0.25, 0.3) is 0 Å². The summed E-state index contributed by atoms with van der Waals surface area (Å²) in [5.74, 6) is 1.20. The van der Waals surface area contributed by atoms with Crippen LogP contribution < -0.4 is 0 Å². The summed E-state index contributed by atoms with van der Waals surface area (Å²) in [6.07, 6.45) is 4.31. The molecule has 1 aromatic rings. The normalized spacial score (nSPS) is 27.7. The Kier molecular flexibility index (Phi) is 3.88. The number of rotatable bonds is 2. The minimum absolute atomic E-state index is 0.385. The zero-order valence-corrected chi connectivity index (χ0v) is 10.5. The lowest BCUT2D eigenvalue weighted by Crippen LogP contribution is -2.19. The van der Waals surface area contributed by atoms with Crippen molar-refractivity contribution in [3.05, 3.63) is 34.9 Å². The van der Waals surface area contributed by atoms with E-state index >= 15 is 0 Å². The smallest absolute Gasteiger partial charge is 0.0832 e. The van der Waals surface area contributed by atoms with Gasteiger partial charge in [-0.3, -0.25) is 0 Å². The Labute approximate surface area is 102 Å². The van der Waals surface area contributed by atoms with Gasteiger partial charge in [0.2, 0.25) is 0 Å². The second-order valence-corrected chi connectivity index (χ2v) is 5.39. The number of benzene rings is 1. The van der Waals surface area contributed by atoms with Crippen LogP contribution in [0.3, 0.4) is 0 Å². The van der Waals surface area contributed by atoms with Crippen LogP contribution in [0.25, 0.3) is 0 Å². The van der Waals surface area contributed by atoms with Gasteiger partial charge in [0.1, 0.15) is 0 Å². The second kappa shape index (κ2) is 5.20. The maximum absolute atomic E-state index is 10.3. The fraction of sp³-hybridized carbons (Fsp3) is 0.571. The number of halogens is 1. The molecule has 1 nitrogen and oxygen atoms in total. The van der Waals surface area contributed by atoms with Gasteiger partial charge >= 0.3 is 0 Å². The maximum Gasteiger partial charge on any atom is 0.0832 e. The standard InChI is InChI=1S/C14H19ClO/c1-10-6-8-11(9-7-10)14(16)12-4-2-3-5-13(12)15/h2-5,10-11,14,16H,6-9H2,1H3. The van der Waals surface area contributed by atoms with E-state index in [1.165, 1.54) is 12.8 Å². The summed E-state index contributed by atoms with van der Waals surface area (Å²) >= 11 is 6.11. The quantitative estimate of drug-likeness (QED) is 0.819. The molecule has 1 saturated carbocycles. The Morgan fingerprint density at radius 3 is 2.44 bits per heavy atom. The summed E-state index contributed by atoms with van der Waals surface area (Å²) < 4.78 is 0. The summed E-state index contributed by atoms with van der Waals surface area (Å²) in [5.41, 5.74) is 0.892. The summed E-state index contributed by atoms with van der Waals surface area (Å²) in [6, 6.07) is 7.63. The van der Waals surface area contributed by atoms with Crippen molar-refractivity contribution in [2.75, 3.05) is 0 Å². The van der Waals surface area contributed by atoms with Gasteiger partial charge in [0.05, 0.1) is 6.10 Å². The zero-order chi connectivity index (χ0) is 11.5. The van der Waals surface area contributed by atoms with Crippen molar-refractivity contribution in [2.24, 2.45) is 11.8 Å². The predicted octanol–water partition coefficient (Wildman–Crippen LogP) is 4.20. The van der Waals surface area contributed by atoms with Gasteiger partial charge in [-0.2, -0.15) is 0 Å². The molecule has 88 valence electrons. The lowest BCUT2D eigenvalue weighted by atomic mass is 9.78. The summed E-state index contributed by atoms with van der Waals surface area (Å²) in [6.45, 7) is 2.29. The first kappa shape index (κ1) is 11.9. The number of aliphatic hydroxyl groups excluding tert-OH is 1. The van der Waals surface area contributed by atoms with E-state index < -0.39 is 0 Å². The highest BCUT2D eigenvalue weighted by Gasteiger charge is 2.26. The Morgan fingerprint density at radius 2 is 1.81 bits per heavy atom. The monoisotopic (exact) mass is 238 g/mol. The van der Waals surface area contributed by atoms with Crippen LogP contribution in [0.4, 0.5) is 0 Å². The third kappa shape index (κ3) is 2.58. The molecular weight excluding hydrogens is 220 g/mol. The van der Waals surface area contributed by atoms with Gasteiger partial charge in [-0.05, 0) is 36.3 Å². The van der Waals surface area contributed by atoms with Gasteiger partial charge in [-0.25, -0.2) is 0 Å². The molecule has 2 heteroatoms. The molecule has 0 saturated heterocycles. The van der Waals surface area contributed by atoms with E-state index in [2.05, 4.69) is 6.92 Å². The molecule has 0 aliphatic heterocycles. The minimum Gasteiger partial charge on any atom is -0.388 e. The van der Waals surface area contributed by atoms with Crippen LogP contribution in [0.1, 0.15) is 44.3 Å². The van der Waals surface area contributed by atoms with Crippen LogP contribution in [0, 0.1) is 11.8 Å². The molecule has 1 aliphatic carbocycles. The van der Waals surface area contributed by atoms with Gasteiger partial charge in [0.15, 0.2) is 0 Å². The van der Waals surface area contributed by atoms with Gasteiger partial charge < -0.3 is 5.11 Å². The maximum atomic E-state index is 10.3. The first-order valence-corrected chi connectivity index (χ1v) is 6.48. The molecule has 16 heavy (non-hydrogen) atoms. The molecule has 1 fully saturated rings. The van der Waals surface area contributed by atoms with Crippen LogP contribution in [-0.4, -0.2) is 5.11 Å². The molecule has 1 N–H and O–H groups in total. The molecule has 0 spiro atoms. The van der Waals surface area contributed by atoms with Crippen LogP contribution in [0.5, 0.6) is 0 Å². The summed E-state index contributed by atoms with van der Waals surface area (Å²) in [4.78, 5) is 0. The van der Waals surface area contributed by atoms with Crippen LogP contribution in [0.2, 0.25) is 5.02 Å². The van der Waals surface area contributed by atoms with Crippen molar-refractivity contribution >= 4 is 11.6 Å². The summed E-state index contributed by atoms with van der Waals surface area (Å²) in [7, 11) is 0. The van der Waals surface area contributed by atoms with Crippen LogP contribution >= 0.6 is 11.6 Å². The largest absolute Gasteiger partial charge is 0.388 e. The number of aliphatic hydroxyl groups is 1. The third-order valence-corrected chi connectivity index (χ3v) is 4.08. The molecule has 1 aromatic carbocycles. The van der Waals surface area contributed by atoms with E-state index in [1.807, 2.05) is 24.3 Å². The zero-order valence-electron chi connectivity index (χ0n) is 9.70. The van der Waals surface area contributed by atoms with E-state index in [0.29, 0.717) is 10.9 Å². The topological polar surface area (TPSA) is 20.2 Å². The molecule has 0 bridgehead atoms. The molecule has 2 rings (SSSR count). The molecule has 1 aliphatic rings. The van der Waals surface area contributed by atoms with E-state index in [-0.39, 0.29) is 6.10 Å². The van der Waals surface area contributed by atoms with E-state index in [1.54, 1.807) is 0 Å². The molecule has 1 unspecified atom stereocenters. The predicted molar refractivity (Wildman–Crippen MR) is 67.5 cm³/mol. The highest BCUT2D eigenvalue weighted by Crippen LogP contribution is 2.38. The van der Waals surface area contributed by atoms with Crippen molar-refractivity contribution in [2.45, 2.75) is 38.7 Å². The molecule has 0 radical (unpaired) electrons. The lowest BCUT2D eigenvalue weighted by Gasteiger charge is -2.30. The Balaban J connectivity index is 2.07. The summed E-state index contributed by atoms with van der Waals surface area (Å²) in [5, 5.41) is 11.0. The van der Waals surface area contributed by atoms with E-state index in [4.69, 9.17) is 11.6 Å². The number of hydrogen-bond acceptors (Lipinski definition) is 1. The van der Waals surface area contributed by atoms with Crippen molar-refractivity contribution in [3.8, 4) is 0 Å². The minimum atomic E-state index is -0.388. The molecule has 0 heterocycles. The van der Waals surface area contributed by atoms with Crippen molar-refractivity contribution in [1.29, 1.82) is 0 Å². The number of hydrogen-bond donors (Lipinski definition) is 1. The highest BCUT2D eigenvalue weighted by atomic mass is 35.5. The molecule has 0 aromatic heterocycles. The SMILES string of the molecule is CC1CCC(C(O)c2ccccc2Cl)CC1.